The van der Waals surface area contributed by atoms with Gasteiger partial charge in [0.25, 0.3) is 0 Å². The first-order chi connectivity index (χ1) is 8.24. The van der Waals surface area contributed by atoms with Gasteiger partial charge < -0.3 is 9.84 Å². The Balaban J connectivity index is 2.48. The van der Waals surface area contributed by atoms with Gasteiger partial charge in [-0.05, 0) is 5.56 Å². The number of benzene rings is 1. The maximum atomic E-state index is 12.7. The molecule has 5 nitrogen and oxygen atoms in total. The van der Waals surface area contributed by atoms with E-state index in [4.69, 9.17) is 4.55 Å². The van der Waals surface area contributed by atoms with E-state index in [0.29, 0.717) is 5.56 Å². The van der Waals surface area contributed by atoms with Crippen LogP contribution in [0.5, 0.6) is 0 Å². The maximum Gasteiger partial charge on any atom is 0.392 e. The van der Waals surface area contributed by atoms with E-state index in [0.717, 1.165) is 0 Å². The standard InChI is InChI=1S/C10H12F2O5S/c11-10(12,18(14,15)16)7-17-6-9(13)8-4-2-1-3-5-8/h1-5,9,13H,6-7H2,(H,14,15,16). The van der Waals surface area contributed by atoms with Gasteiger partial charge in [0.1, 0.15) is 12.7 Å². The molecular weight excluding hydrogens is 270 g/mol. The third kappa shape index (κ3) is 3.98. The molecule has 1 aromatic carbocycles. The molecule has 1 aromatic rings. The zero-order chi connectivity index (χ0) is 13.8. The average molecular weight is 282 g/mol. The Morgan fingerprint density at radius 3 is 2.33 bits per heavy atom. The van der Waals surface area contributed by atoms with Crippen LogP contribution in [0.1, 0.15) is 11.7 Å². The zero-order valence-corrected chi connectivity index (χ0v) is 9.98. The third-order valence-corrected chi connectivity index (χ3v) is 2.98. The van der Waals surface area contributed by atoms with Crippen LogP contribution in [0.3, 0.4) is 0 Å². The molecule has 0 saturated heterocycles. The summed E-state index contributed by atoms with van der Waals surface area (Å²) < 4.78 is 58.6. The van der Waals surface area contributed by atoms with Crippen molar-refractivity contribution in [3.63, 3.8) is 0 Å². The molecule has 1 atom stereocenters. The van der Waals surface area contributed by atoms with E-state index in [1.807, 2.05) is 0 Å². The highest BCUT2D eigenvalue weighted by Crippen LogP contribution is 2.21. The van der Waals surface area contributed by atoms with E-state index in [-0.39, 0.29) is 0 Å². The van der Waals surface area contributed by atoms with Gasteiger partial charge in [0, 0.05) is 0 Å². The van der Waals surface area contributed by atoms with E-state index in [2.05, 4.69) is 4.74 Å². The van der Waals surface area contributed by atoms with Crippen LogP contribution in [0.25, 0.3) is 0 Å². The van der Waals surface area contributed by atoms with E-state index in [1.54, 1.807) is 30.3 Å². The van der Waals surface area contributed by atoms with Gasteiger partial charge in [-0.2, -0.15) is 17.2 Å². The van der Waals surface area contributed by atoms with Crippen molar-refractivity contribution in [2.45, 2.75) is 11.4 Å². The van der Waals surface area contributed by atoms with Crippen LogP contribution in [0, 0.1) is 0 Å². The highest BCUT2D eigenvalue weighted by Gasteiger charge is 2.44. The minimum atomic E-state index is -5.50. The predicted molar refractivity (Wildman–Crippen MR) is 58.7 cm³/mol. The van der Waals surface area contributed by atoms with E-state index < -0.39 is 34.7 Å². The van der Waals surface area contributed by atoms with Crippen LogP contribution in [-0.4, -0.2) is 36.5 Å². The van der Waals surface area contributed by atoms with Crippen molar-refractivity contribution in [2.24, 2.45) is 0 Å². The first kappa shape index (κ1) is 15.0. The largest absolute Gasteiger partial charge is 0.392 e. The summed E-state index contributed by atoms with van der Waals surface area (Å²) in [5, 5.41) is 5.15. The van der Waals surface area contributed by atoms with Gasteiger partial charge in [-0.3, -0.25) is 4.55 Å². The van der Waals surface area contributed by atoms with Crippen molar-refractivity contribution in [1.29, 1.82) is 0 Å². The number of aliphatic hydroxyl groups is 1. The van der Waals surface area contributed by atoms with E-state index in [9.17, 15) is 22.3 Å². The second-order valence-corrected chi connectivity index (χ2v) is 5.10. The van der Waals surface area contributed by atoms with Gasteiger partial charge in [0.05, 0.1) is 6.61 Å². The predicted octanol–water partition coefficient (Wildman–Crippen LogP) is 1.22. The summed E-state index contributed by atoms with van der Waals surface area (Å²) in [7, 11) is -5.50. The molecule has 102 valence electrons. The highest BCUT2D eigenvalue weighted by molar-refractivity contribution is 7.86. The molecule has 0 spiro atoms. The van der Waals surface area contributed by atoms with Crippen LogP contribution in [0.2, 0.25) is 0 Å². The number of alkyl halides is 2. The summed E-state index contributed by atoms with van der Waals surface area (Å²) in [4.78, 5) is 0. The van der Waals surface area contributed by atoms with Crippen molar-refractivity contribution >= 4 is 10.1 Å². The minimum absolute atomic E-state index is 0.452. The molecule has 1 unspecified atom stereocenters. The molecule has 0 amide bonds. The Kier molecular flexibility index (Phi) is 4.74. The Hall–Kier alpha value is -1.09. The Morgan fingerprint density at radius 1 is 1.28 bits per heavy atom. The molecule has 0 saturated carbocycles. The topological polar surface area (TPSA) is 83.8 Å². The summed E-state index contributed by atoms with van der Waals surface area (Å²) in [5.74, 6) is 0. The fourth-order valence-corrected chi connectivity index (χ4v) is 1.37. The van der Waals surface area contributed by atoms with Crippen LogP contribution in [0.4, 0.5) is 8.78 Å². The van der Waals surface area contributed by atoms with Gasteiger partial charge in [0.2, 0.25) is 0 Å². The summed E-state index contributed by atoms with van der Waals surface area (Å²) in [6.07, 6.45) is -1.15. The lowest BCUT2D eigenvalue weighted by molar-refractivity contribution is -0.0462. The number of ether oxygens (including phenoxy) is 1. The second-order valence-electron chi connectivity index (χ2n) is 3.55. The van der Waals surface area contributed by atoms with Crippen molar-refractivity contribution in [1.82, 2.24) is 0 Å². The Labute approximate surface area is 103 Å². The molecule has 0 aliphatic carbocycles. The molecule has 0 bridgehead atoms. The molecule has 18 heavy (non-hydrogen) atoms. The van der Waals surface area contributed by atoms with Crippen LogP contribution in [-0.2, 0) is 14.9 Å². The Bertz CT molecular complexity index is 474. The molecule has 0 aliphatic heterocycles. The lowest BCUT2D eigenvalue weighted by Crippen LogP contribution is -2.34. The van der Waals surface area contributed by atoms with Gasteiger partial charge in [-0.25, -0.2) is 0 Å². The molecule has 0 heterocycles. The van der Waals surface area contributed by atoms with E-state index >= 15 is 0 Å². The number of hydrogen-bond donors (Lipinski definition) is 2. The van der Waals surface area contributed by atoms with Crippen LogP contribution < -0.4 is 0 Å². The molecule has 1 rings (SSSR count). The van der Waals surface area contributed by atoms with Crippen molar-refractivity contribution < 1.29 is 31.6 Å². The van der Waals surface area contributed by atoms with Gasteiger partial charge >= 0.3 is 15.4 Å². The normalized spacial score (nSPS) is 14.4. The quantitative estimate of drug-likeness (QED) is 0.766. The molecule has 0 aromatic heterocycles. The fourth-order valence-electron chi connectivity index (χ4n) is 1.14. The molecule has 2 N–H and O–H groups in total. The van der Waals surface area contributed by atoms with Crippen molar-refractivity contribution in [3.8, 4) is 0 Å². The van der Waals surface area contributed by atoms with Crippen LogP contribution >= 0.6 is 0 Å². The third-order valence-electron chi connectivity index (χ3n) is 2.11. The number of rotatable bonds is 6. The lowest BCUT2D eigenvalue weighted by Gasteiger charge is -2.15. The first-order valence-corrected chi connectivity index (χ1v) is 6.33. The molecule has 0 fully saturated rings. The fraction of sp³-hybridized carbons (Fsp3) is 0.400. The smallest absolute Gasteiger partial charge is 0.386 e. The first-order valence-electron chi connectivity index (χ1n) is 4.89. The monoisotopic (exact) mass is 282 g/mol. The van der Waals surface area contributed by atoms with Crippen molar-refractivity contribution in [2.75, 3.05) is 13.2 Å². The maximum absolute atomic E-state index is 12.7. The summed E-state index contributed by atoms with van der Waals surface area (Å²) >= 11 is 0. The number of halogens is 2. The summed E-state index contributed by atoms with van der Waals surface area (Å²) in [6.45, 7) is -2.02. The average Bonchev–Trinajstić information content (AvgIpc) is 2.28. The number of aliphatic hydroxyl groups excluding tert-OH is 1. The minimum Gasteiger partial charge on any atom is -0.386 e. The lowest BCUT2D eigenvalue weighted by atomic mass is 10.1. The molecule has 0 aliphatic rings. The molecule has 0 radical (unpaired) electrons. The Morgan fingerprint density at radius 2 is 1.83 bits per heavy atom. The summed E-state index contributed by atoms with van der Waals surface area (Å²) in [6, 6.07) is 8.13. The van der Waals surface area contributed by atoms with Crippen molar-refractivity contribution in [3.05, 3.63) is 35.9 Å². The van der Waals surface area contributed by atoms with Gasteiger partial charge in [-0.1, -0.05) is 30.3 Å². The summed E-state index contributed by atoms with van der Waals surface area (Å²) in [5.41, 5.74) is 0.452. The SMILES string of the molecule is O=S(=O)(O)C(F)(F)COCC(O)c1ccccc1. The highest BCUT2D eigenvalue weighted by atomic mass is 32.2. The van der Waals surface area contributed by atoms with Gasteiger partial charge in [0.15, 0.2) is 0 Å². The molecule has 8 heteroatoms. The number of hydrogen-bond acceptors (Lipinski definition) is 4. The zero-order valence-electron chi connectivity index (χ0n) is 9.16. The van der Waals surface area contributed by atoms with E-state index in [1.165, 1.54) is 0 Å². The van der Waals surface area contributed by atoms with Crippen LogP contribution in [0.15, 0.2) is 30.3 Å². The second kappa shape index (κ2) is 5.70. The molecular formula is C10H12F2O5S. The van der Waals surface area contributed by atoms with Gasteiger partial charge in [-0.15, -0.1) is 0 Å².